The van der Waals surface area contributed by atoms with Crippen molar-refractivity contribution in [3.63, 3.8) is 0 Å². The average Bonchev–Trinajstić information content (AvgIpc) is 2.28. The van der Waals surface area contributed by atoms with Gasteiger partial charge >= 0.3 is 0 Å². The fraction of sp³-hybridized carbons (Fsp3) is 0.909. The first kappa shape index (κ1) is 15.7. The van der Waals surface area contributed by atoms with Crippen LogP contribution in [-0.2, 0) is 9.53 Å². The summed E-state index contributed by atoms with van der Waals surface area (Å²) in [5, 5.41) is 3.28. The van der Waals surface area contributed by atoms with Gasteiger partial charge in [0.05, 0.1) is 12.0 Å². The van der Waals surface area contributed by atoms with E-state index in [2.05, 4.69) is 5.32 Å². The standard InChI is InChI=1S/C11H22N2O2.ClH/c1-4-13(2)10(14)11(9-15-3)5-7-12-8-6-11;/h12H,4-9H2,1-3H3;1H. The number of ether oxygens (including phenoxy) is 1. The predicted molar refractivity (Wildman–Crippen MR) is 67.0 cm³/mol. The van der Waals surface area contributed by atoms with Crippen molar-refractivity contribution in [2.45, 2.75) is 19.8 Å². The zero-order valence-electron chi connectivity index (χ0n) is 10.4. The van der Waals surface area contributed by atoms with Gasteiger partial charge in [0.15, 0.2) is 0 Å². The SMILES string of the molecule is CCN(C)C(=O)C1(COC)CCNCC1.Cl. The molecule has 1 fully saturated rings. The predicted octanol–water partition coefficient (Wildman–Crippen LogP) is 0.903. The fourth-order valence-electron chi connectivity index (χ4n) is 2.15. The zero-order valence-corrected chi connectivity index (χ0v) is 11.2. The maximum atomic E-state index is 12.3. The van der Waals surface area contributed by atoms with Crippen LogP contribution in [0.5, 0.6) is 0 Å². The van der Waals surface area contributed by atoms with Gasteiger partial charge in [-0.2, -0.15) is 0 Å². The Kier molecular flexibility index (Phi) is 6.95. The van der Waals surface area contributed by atoms with Gasteiger partial charge in [0.2, 0.25) is 5.91 Å². The lowest BCUT2D eigenvalue weighted by atomic mass is 9.78. The second-order valence-electron chi connectivity index (χ2n) is 4.28. The van der Waals surface area contributed by atoms with Gasteiger partial charge in [0, 0.05) is 20.7 Å². The highest BCUT2D eigenvalue weighted by atomic mass is 35.5. The van der Waals surface area contributed by atoms with Crippen molar-refractivity contribution in [2.75, 3.05) is 40.4 Å². The molecule has 0 aromatic carbocycles. The highest BCUT2D eigenvalue weighted by Gasteiger charge is 2.40. The summed E-state index contributed by atoms with van der Waals surface area (Å²) in [4.78, 5) is 14.1. The molecular formula is C11H23ClN2O2. The Morgan fingerprint density at radius 3 is 2.44 bits per heavy atom. The van der Waals surface area contributed by atoms with Crippen LogP contribution in [-0.4, -0.2) is 51.2 Å². The number of methoxy groups -OCH3 is 1. The van der Waals surface area contributed by atoms with Gasteiger partial charge < -0.3 is 15.0 Å². The molecule has 0 radical (unpaired) electrons. The highest BCUT2D eigenvalue weighted by Crippen LogP contribution is 2.31. The molecule has 1 N–H and O–H groups in total. The zero-order chi connectivity index (χ0) is 11.3. The lowest BCUT2D eigenvalue weighted by molar-refractivity contribution is -0.145. The van der Waals surface area contributed by atoms with Gasteiger partial charge in [-0.25, -0.2) is 0 Å². The average molecular weight is 251 g/mol. The molecule has 0 aromatic rings. The van der Waals surface area contributed by atoms with Crippen LogP contribution in [0.25, 0.3) is 0 Å². The first-order valence-corrected chi connectivity index (χ1v) is 5.61. The summed E-state index contributed by atoms with van der Waals surface area (Å²) >= 11 is 0. The molecule has 0 atom stereocenters. The van der Waals surface area contributed by atoms with Crippen LogP contribution in [0.1, 0.15) is 19.8 Å². The van der Waals surface area contributed by atoms with Crippen LogP contribution in [0.4, 0.5) is 0 Å². The quantitative estimate of drug-likeness (QED) is 0.806. The van der Waals surface area contributed by atoms with Crippen molar-refractivity contribution in [3.8, 4) is 0 Å². The highest BCUT2D eigenvalue weighted by molar-refractivity contribution is 5.85. The van der Waals surface area contributed by atoms with Crippen LogP contribution in [0.3, 0.4) is 0 Å². The molecule has 1 heterocycles. The van der Waals surface area contributed by atoms with Crippen molar-refractivity contribution < 1.29 is 9.53 Å². The molecule has 1 rings (SSSR count). The molecule has 0 aliphatic carbocycles. The molecule has 4 nitrogen and oxygen atoms in total. The first-order valence-electron chi connectivity index (χ1n) is 5.61. The Labute approximate surface area is 104 Å². The lowest BCUT2D eigenvalue weighted by Crippen LogP contribution is -2.50. The summed E-state index contributed by atoms with van der Waals surface area (Å²) in [7, 11) is 3.53. The van der Waals surface area contributed by atoms with Crippen molar-refractivity contribution >= 4 is 18.3 Å². The van der Waals surface area contributed by atoms with Crippen molar-refractivity contribution in [1.82, 2.24) is 10.2 Å². The van der Waals surface area contributed by atoms with Crippen LogP contribution in [0.15, 0.2) is 0 Å². The Bertz CT molecular complexity index is 213. The third-order valence-electron chi connectivity index (χ3n) is 3.26. The van der Waals surface area contributed by atoms with E-state index in [0.29, 0.717) is 6.61 Å². The van der Waals surface area contributed by atoms with Crippen molar-refractivity contribution in [2.24, 2.45) is 5.41 Å². The van der Waals surface area contributed by atoms with E-state index in [-0.39, 0.29) is 23.7 Å². The molecule has 1 saturated heterocycles. The van der Waals surface area contributed by atoms with E-state index < -0.39 is 0 Å². The largest absolute Gasteiger partial charge is 0.384 e. The molecule has 1 amide bonds. The molecule has 1 aliphatic rings. The molecule has 1 aliphatic heterocycles. The number of piperidine rings is 1. The van der Waals surface area contributed by atoms with Gasteiger partial charge in [0.25, 0.3) is 0 Å². The van der Waals surface area contributed by atoms with Gasteiger partial charge in [-0.1, -0.05) is 0 Å². The maximum absolute atomic E-state index is 12.3. The minimum atomic E-state index is -0.287. The Hall–Kier alpha value is -0.320. The number of rotatable bonds is 4. The number of nitrogens with one attached hydrogen (secondary N) is 1. The summed E-state index contributed by atoms with van der Waals surface area (Å²) in [6.07, 6.45) is 1.76. The summed E-state index contributed by atoms with van der Waals surface area (Å²) in [6.45, 7) is 5.12. The van der Waals surface area contributed by atoms with Crippen LogP contribution >= 0.6 is 12.4 Å². The number of carbonyl (C=O) groups is 1. The summed E-state index contributed by atoms with van der Waals surface area (Å²) in [5.41, 5.74) is -0.287. The maximum Gasteiger partial charge on any atom is 0.230 e. The number of nitrogens with zero attached hydrogens (tertiary/aromatic N) is 1. The molecule has 16 heavy (non-hydrogen) atoms. The molecule has 96 valence electrons. The van der Waals surface area contributed by atoms with Crippen LogP contribution < -0.4 is 5.32 Å². The summed E-state index contributed by atoms with van der Waals surface area (Å²) in [5.74, 6) is 0.230. The number of carbonyl (C=O) groups excluding carboxylic acids is 1. The van der Waals surface area contributed by atoms with E-state index >= 15 is 0 Å². The Balaban J connectivity index is 0.00000225. The number of amides is 1. The van der Waals surface area contributed by atoms with E-state index in [4.69, 9.17) is 4.74 Å². The lowest BCUT2D eigenvalue weighted by Gasteiger charge is -2.38. The fourth-order valence-corrected chi connectivity index (χ4v) is 2.15. The van der Waals surface area contributed by atoms with Crippen LogP contribution in [0.2, 0.25) is 0 Å². The molecule has 5 heteroatoms. The topological polar surface area (TPSA) is 41.6 Å². The van der Waals surface area contributed by atoms with Gasteiger partial charge in [-0.15, -0.1) is 12.4 Å². The molecule has 0 aromatic heterocycles. The van der Waals surface area contributed by atoms with Crippen LogP contribution in [0, 0.1) is 5.41 Å². The van der Waals surface area contributed by atoms with E-state index in [0.717, 1.165) is 32.5 Å². The smallest absolute Gasteiger partial charge is 0.230 e. The minimum Gasteiger partial charge on any atom is -0.384 e. The molecule has 0 saturated carbocycles. The molecule has 0 unspecified atom stereocenters. The minimum absolute atomic E-state index is 0. The number of halogens is 1. The van der Waals surface area contributed by atoms with E-state index in [1.807, 2.05) is 14.0 Å². The van der Waals surface area contributed by atoms with Gasteiger partial charge in [0.1, 0.15) is 0 Å². The summed E-state index contributed by atoms with van der Waals surface area (Å²) in [6, 6.07) is 0. The Morgan fingerprint density at radius 1 is 1.44 bits per heavy atom. The third kappa shape index (κ3) is 3.34. The second-order valence-corrected chi connectivity index (χ2v) is 4.28. The number of hydrogen-bond acceptors (Lipinski definition) is 3. The number of hydrogen-bond donors (Lipinski definition) is 1. The third-order valence-corrected chi connectivity index (χ3v) is 3.26. The van der Waals surface area contributed by atoms with Gasteiger partial charge in [-0.3, -0.25) is 4.79 Å². The van der Waals surface area contributed by atoms with E-state index in [9.17, 15) is 4.79 Å². The normalized spacial score (nSPS) is 18.7. The molecule has 0 bridgehead atoms. The van der Waals surface area contributed by atoms with Crippen molar-refractivity contribution in [3.05, 3.63) is 0 Å². The van der Waals surface area contributed by atoms with Gasteiger partial charge in [-0.05, 0) is 32.9 Å². The molecular weight excluding hydrogens is 228 g/mol. The van der Waals surface area contributed by atoms with E-state index in [1.54, 1.807) is 12.0 Å². The summed E-state index contributed by atoms with van der Waals surface area (Å²) < 4.78 is 5.23. The molecule has 0 spiro atoms. The Morgan fingerprint density at radius 2 is 2.00 bits per heavy atom. The monoisotopic (exact) mass is 250 g/mol. The second kappa shape index (κ2) is 7.09. The van der Waals surface area contributed by atoms with E-state index in [1.165, 1.54) is 0 Å². The van der Waals surface area contributed by atoms with Crippen molar-refractivity contribution in [1.29, 1.82) is 0 Å². The first-order chi connectivity index (χ1) is 7.16.